The van der Waals surface area contributed by atoms with Gasteiger partial charge in [0.1, 0.15) is 0 Å². The second-order valence-corrected chi connectivity index (χ2v) is 4.70. The first kappa shape index (κ1) is 11.7. The Hall–Kier alpha value is -2.35. The summed E-state index contributed by atoms with van der Waals surface area (Å²) < 4.78 is 2.17. The zero-order valence-corrected chi connectivity index (χ0v) is 11.0. The monoisotopic (exact) mass is 248 g/mol. The summed E-state index contributed by atoms with van der Waals surface area (Å²) in [5, 5.41) is 0. The lowest BCUT2D eigenvalue weighted by Gasteiger charge is -2.00. The van der Waals surface area contributed by atoms with Crippen LogP contribution in [0.15, 0.2) is 60.9 Å². The molecule has 2 heteroatoms. The van der Waals surface area contributed by atoms with E-state index in [2.05, 4.69) is 71.1 Å². The molecule has 94 valence electrons. The number of benzene rings is 2. The zero-order chi connectivity index (χ0) is 13.1. The molecule has 0 spiro atoms. The highest BCUT2D eigenvalue weighted by Crippen LogP contribution is 2.14. The average molecular weight is 248 g/mol. The Balaban J connectivity index is 1.82. The average Bonchev–Trinajstić information content (AvgIpc) is 2.83. The number of hydrogen-bond donors (Lipinski definition) is 0. The fraction of sp³-hybridized carbons (Fsp3) is 0.118. The highest BCUT2D eigenvalue weighted by Gasteiger charge is 2.00. The van der Waals surface area contributed by atoms with Crippen LogP contribution in [-0.4, -0.2) is 9.55 Å². The molecule has 2 aromatic carbocycles. The number of fused-ring (bicyclic) bond motifs is 1. The highest BCUT2D eigenvalue weighted by atomic mass is 15.0. The molecule has 0 aliphatic rings. The van der Waals surface area contributed by atoms with E-state index < -0.39 is 0 Å². The summed E-state index contributed by atoms with van der Waals surface area (Å²) in [7, 11) is 0. The molecule has 0 amide bonds. The largest absolute Gasteiger partial charge is 0.327 e. The molecule has 3 aromatic rings. The molecule has 0 saturated carbocycles. The molecule has 0 aliphatic heterocycles. The van der Waals surface area contributed by atoms with E-state index in [-0.39, 0.29) is 0 Å². The molecule has 0 atom stereocenters. The van der Waals surface area contributed by atoms with E-state index in [1.165, 1.54) is 16.6 Å². The van der Waals surface area contributed by atoms with Crippen LogP contribution in [0.1, 0.15) is 11.1 Å². The van der Waals surface area contributed by atoms with Gasteiger partial charge in [0.2, 0.25) is 0 Å². The van der Waals surface area contributed by atoms with Gasteiger partial charge < -0.3 is 4.57 Å². The van der Waals surface area contributed by atoms with Gasteiger partial charge >= 0.3 is 0 Å². The van der Waals surface area contributed by atoms with E-state index in [1.807, 2.05) is 12.4 Å². The van der Waals surface area contributed by atoms with E-state index >= 15 is 0 Å². The Morgan fingerprint density at radius 2 is 1.95 bits per heavy atom. The molecule has 0 unspecified atom stereocenters. The summed E-state index contributed by atoms with van der Waals surface area (Å²) in [5.41, 5.74) is 4.74. The zero-order valence-electron chi connectivity index (χ0n) is 11.0. The van der Waals surface area contributed by atoms with Crippen LogP contribution < -0.4 is 0 Å². The van der Waals surface area contributed by atoms with Crippen molar-refractivity contribution in [3.05, 3.63) is 72.1 Å². The van der Waals surface area contributed by atoms with Crippen molar-refractivity contribution < 1.29 is 0 Å². The summed E-state index contributed by atoms with van der Waals surface area (Å²) >= 11 is 0. The first-order chi connectivity index (χ1) is 9.33. The Labute approximate surface area is 113 Å². The normalized spacial score (nSPS) is 11.4. The van der Waals surface area contributed by atoms with E-state index in [9.17, 15) is 0 Å². The molecule has 19 heavy (non-hydrogen) atoms. The molecule has 3 rings (SSSR count). The second kappa shape index (κ2) is 5.11. The fourth-order valence-electron chi connectivity index (χ4n) is 2.18. The predicted molar refractivity (Wildman–Crippen MR) is 79.9 cm³/mol. The smallest absolute Gasteiger partial charge is 0.0961 e. The Kier molecular flexibility index (Phi) is 3.15. The van der Waals surface area contributed by atoms with Gasteiger partial charge in [-0.1, -0.05) is 48.6 Å². The van der Waals surface area contributed by atoms with Gasteiger partial charge in [-0.05, 0) is 30.2 Å². The first-order valence-corrected chi connectivity index (χ1v) is 6.46. The minimum absolute atomic E-state index is 0.842. The van der Waals surface area contributed by atoms with Crippen LogP contribution in [0.3, 0.4) is 0 Å². The third-order valence-corrected chi connectivity index (χ3v) is 3.19. The van der Waals surface area contributed by atoms with Gasteiger partial charge in [0.15, 0.2) is 0 Å². The standard InChI is InChI=1S/C17H16N2/c1-14-9-10-16-17(12-14)19(13-18-16)11-5-8-15-6-3-2-4-7-15/h2-10,12-13H,11H2,1H3/b8-5+. The number of hydrogen-bond acceptors (Lipinski definition) is 1. The highest BCUT2D eigenvalue weighted by molar-refractivity contribution is 5.76. The van der Waals surface area contributed by atoms with Crippen LogP contribution in [0.25, 0.3) is 17.1 Å². The molecular formula is C17H16N2. The van der Waals surface area contributed by atoms with Crippen LogP contribution in [-0.2, 0) is 6.54 Å². The van der Waals surface area contributed by atoms with Crippen LogP contribution in [0, 0.1) is 6.92 Å². The molecule has 0 N–H and O–H groups in total. The maximum absolute atomic E-state index is 4.41. The van der Waals surface area contributed by atoms with Gasteiger partial charge in [-0.25, -0.2) is 4.98 Å². The van der Waals surface area contributed by atoms with Crippen molar-refractivity contribution in [1.82, 2.24) is 9.55 Å². The van der Waals surface area contributed by atoms with Crippen molar-refractivity contribution in [1.29, 1.82) is 0 Å². The summed E-state index contributed by atoms with van der Waals surface area (Å²) in [4.78, 5) is 4.41. The predicted octanol–water partition coefficient (Wildman–Crippen LogP) is 4.06. The lowest BCUT2D eigenvalue weighted by Crippen LogP contribution is -1.92. The van der Waals surface area contributed by atoms with Crippen molar-refractivity contribution in [2.75, 3.05) is 0 Å². The number of imidazole rings is 1. The lowest BCUT2D eigenvalue weighted by atomic mass is 10.2. The van der Waals surface area contributed by atoms with E-state index in [1.54, 1.807) is 0 Å². The number of nitrogens with zero attached hydrogens (tertiary/aromatic N) is 2. The molecule has 2 nitrogen and oxygen atoms in total. The molecule has 0 bridgehead atoms. The van der Waals surface area contributed by atoms with Crippen LogP contribution in [0.2, 0.25) is 0 Å². The summed E-state index contributed by atoms with van der Waals surface area (Å²) in [6, 6.07) is 16.7. The quantitative estimate of drug-likeness (QED) is 0.683. The molecule has 1 aromatic heterocycles. The van der Waals surface area contributed by atoms with E-state index in [0.29, 0.717) is 0 Å². The number of aromatic nitrogens is 2. The topological polar surface area (TPSA) is 17.8 Å². The third-order valence-electron chi connectivity index (χ3n) is 3.19. The van der Waals surface area contributed by atoms with Crippen molar-refractivity contribution >= 4 is 17.1 Å². The number of rotatable bonds is 3. The van der Waals surface area contributed by atoms with Crippen molar-refractivity contribution in [2.24, 2.45) is 0 Å². The fourth-order valence-corrected chi connectivity index (χ4v) is 2.18. The van der Waals surface area contributed by atoms with Gasteiger partial charge in [-0.3, -0.25) is 0 Å². The van der Waals surface area contributed by atoms with Crippen molar-refractivity contribution in [3.63, 3.8) is 0 Å². The molecule has 0 fully saturated rings. The minimum atomic E-state index is 0.842. The number of allylic oxidation sites excluding steroid dienone is 1. The maximum atomic E-state index is 4.41. The molecule has 0 aliphatic carbocycles. The van der Waals surface area contributed by atoms with E-state index in [4.69, 9.17) is 0 Å². The Morgan fingerprint density at radius 1 is 1.11 bits per heavy atom. The summed E-state index contributed by atoms with van der Waals surface area (Å²) in [6.45, 7) is 2.95. The molecule has 1 heterocycles. The van der Waals surface area contributed by atoms with Crippen LogP contribution in [0.5, 0.6) is 0 Å². The van der Waals surface area contributed by atoms with E-state index in [0.717, 1.165) is 12.1 Å². The van der Waals surface area contributed by atoms with Gasteiger partial charge in [0, 0.05) is 6.54 Å². The van der Waals surface area contributed by atoms with Gasteiger partial charge in [0.25, 0.3) is 0 Å². The van der Waals surface area contributed by atoms with Gasteiger partial charge in [0.05, 0.1) is 17.4 Å². The number of aryl methyl sites for hydroxylation is 1. The molecular weight excluding hydrogens is 232 g/mol. The minimum Gasteiger partial charge on any atom is -0.327 e. The first-order valence-electron chi connectivity index (χ1n) is 6.46. The van der Waals surface area contributed by atoms with Gasteiger partial charge in [-0.15, -0.1) is 0 Å². The van der Waals surface area contributed by atoms with Crippen LogP contribution in [0.4, 0.5) is 0 Å². The van der Waals surface area contributed by atoms with Gasteiger partial charge in [-0.2, -0.15) is 0 Å². The van der Waals surface area contributed by atoms with Crippen LogP contribution >= 0.6 is 0 Å². The molecule has 0 radical (unpaired) electrons. The maximum Gasteiger partial charge on any atom is 0.0961 e. The lowest BCUT2D eigenvalue weighted by molar-refractivity contribution is 0.852. The molecule has 0 saturated heterocycles. The summed E-state index contributed by atoms with van der Waals surface area (Å²) in [6.07, 6.45) is 6.21. The Bertz CT molecular complexity index is 708. The van der Waals surface area contributed by atoms with Crippen molar-refractivity contribution in [2.45, 2.75) is 13.5 Å². The Morgan fingerprint density at radius 3 is 2.79 bits per heavy atom. The third kappa shape index (κ3) is 2.58. The van der Waals surface area contributed by atoms with Crippen molar-refractivity contribution in [3.8, 4) is 0 Å². The summed E-state index contributed by atoms with van der Waals surface area (Å²) in [5.74, 6) is 0. The second-order valence-electron chi connectivity index (χ2n) is 4.70. The SMILES string of the molecule is Cc1ccc2ncn(C/C=C/c3ccccc3)c2c1.